The molecule has 0 unspecified atom stereocenters. The second-order valence-electron chi connectivity index (χ2n) is 6.51. The van der Waals surface area contributed by atoms with E-state index in [1.54, 1.807) is 0 Å². The number of ether oxygens (including phenoxy) is 1. The first-order valence-electron chi connectivity index (χ1n) is 8.61. The summed E-state index contributed by atoms with van der Waals surface area (Å²) >= 11 is 0. The molecule has 1 saturated heterocycles. The van der Waals surface area contributed by atoms with Gasteiger partial charge in [0.25, 0.3) is 0 Å². The number of nitrogens with zero attached hydrogens (tertiary/aromatic N) is 2. The maximum atomic E-state index is 5.71. The molecule has 1 aromatic heterocycles. The molecule has 23 heavy (non-hydrogen) atoms. The zero-order valence-corrected chi connectivity index (χ0v) is 14.3. The molecule has 1 aliphatic heterocycles. The highest BCUT2D eigenvalue weighted by atomic mass is 16.5. The van der Waals surface area contributed by atoms with Crippen LogP contribution in [-0.2, 0) is 13.0 Å². The molecule has 124 valence electrons. The quantitative estimate of drug-likeness (QED) is 0.794. The lowest BCUT2D eigenvalue weighted by molar-refractivity contribution is 0.206. The van der Waals surface area contributed by atoms with Crippen LogP contribution in [0.1, 0.15) is 56.7 Å². The summed E-state index contributed by atoms with van der Waals surface area (Å²) < 4.78 is 11.3. The first-order chi connectivity index (χ1) is 11.2. The first-order valence-corrected chi connectivity index (χ1v) is 8.61. The van der Waals surface area contributed by atoms with Gasteiger partial charge >= 0.3 is 0 Å². The van der Waals surface area contributed by atoms with Crippen LogP contribution in [0.2, 0.25) is 0 Å². The maximum absolute atomic E-state index is 5.71. The second-order valence-corrected chi connectivity index (χ2v) is 6.51. The van der Waals surface area contributed by atoms with Crippen LogP contribution in [0.3, 0.4) is 0 Å². The van der Waals surface area contributed by atoms with Crippen LogP contribution >= 0.6 is 0 Å². The van der Waals surface area contributed by atoms with Crippen LogP contribution in [0.15, 0.2) is 34.9 Å². The molecular weight excluding hydrogens is 288 g/mol. The highest BCUT2D eigenvalue weighted by Gasteiger charge is 2.29. The summed E-state index contributed by atoms with van der Waals surface area (Å²) in [5.41, 5.74) is 2.35. The topological polar surface area (TPSA) is 38.5 Å². The number of rotatable bonds is 6. The van der Waals surface area contributed by atoms with Crippen LogP contribution in [0, 0.1) is 0 Å². The molecule has 0 saturated carbocycles. The SMILES string of the molecule is CCc1cc([C@H]2CCCN2Cc2ccc(OC(C)C)cc2)on1. The van der Waals surface area contributed by atoms with Gasteiger partial charge in [-0.05, 0) is 57.4 Å². The van der Waals surface area contributed by atoms with E-state index in [1.807, 2.05) is 13.8 Å². The van der Waals surface area contributed by atoms with Gasteiger partial charge in [0.2, 0.25) is 0 Å². The predicted octanol–water partition coefficient (Wildman–Crippen LogP) is 4.36. The number of benzene rings is 1. The lowest BCUT2D eigenvalue weighted by Crippen LogP contribution is -2.22. The van der Waals surface area contributed by atoms with Crippen molar-refractivity contribution in [1.82, 2.24) is 10.1 Å². The van der Waals surface area contributed by atoms with Crippen LogP contribution in [-0.4, -0.2) is 22.7 Å². The summed E-state index contributed by atoms with van der Waals surface area (Å²) in [7, 11) is 0. The van der Waals surface area contributed by atoms with E-state index in [9.17, 15) is 0 Å². The van der Waals surface area contributed by atoms with Crippen molar-refractivity contribution >= 4 is 0 Å². The molecule has 1 fully saturated rings. The lowest BCUT2D eigenvalue weighted by atomic mass is 10.1. The van der Waals surface area contributed by atoms with Crippen LogP contribution in [0.4, 0.5) is 0 Å². The molecule has 0 bridgehead atoms. The monoisotopic (exact) mass is 314 g/mol. The third kappa shape index (κ3) is 3.94. The average Bonchev–Trinajstić information content (AvgIpc) is 3.17. The number of likely N-dealkylation sites (tertiary alicyclic amines) is 1. The van der Waals surface area contributed by atoms with E-state index < -0.39 is 0 Å². The van der Waals surface area contributed by atoms with Gasteiger partial charge in [0.05, 0.1) is 17.8 Å². The third-order valence-electron chi connectivity index (χ3n) is 4.31. The third-order valence-corrected chi connectivity index (χ3v) is 4.31. The number of aromatic nitrogens is 1. The number of hydrogen-bond donors (Lipinski definition) is 0. The standard InChI is InChI=1S/C19H26N2O2/c1-4-16-12-19(23-20-16)18-6-5-11-21(18)13-15-7-9-17(10-8-15)22-14(2)3/h7-10,12,14,18H,4-6,11,13H2,1-3H3/t18-/m1/s1. The van der Waals surface area contributed by atoms with Gasteiger partial charge in [0.15, 0.2) is 5.76 Å². The van der Waals surface area contributed by atoms with E-state index in [0.717, 1.165) is 43.1 Å². The van der Waals surface area contributed by atoms with E-state index in [0.29, 0.717) is 6.04 Å². The van der Waals surface area contributed by atoms with E-state index >= 15 is 0 Å². The summed E-state index contributed by atoms with van der Waals surface area (Å²) in [5, 5.41) is 4.14. The molecular formula is C19H26N2O2. The normalized spacial score (nSPS) is 18.7. The summed E-state index contributed by atoms with van der Waals surface area (Å²) in [6, 6.07) is 10.9. The summed E-state index contributed by atoms with van der Waals surface area (Å²) in [4.78, 5) is 2.48. The highest BCUT2D eigenvalue weighted by molar-refractivity contribution is 5.27. The zero-order valence-electron chi connectivity index (χ0n) is 14.3. The minimum absolute atomic E-state index is 0.211. The Morgan fingerprint density at radius 1 is 1.30 bits per heavy atom. The molecule has 0 aliphatic carbocycles. The minimum Gasteiger partial charge on any atom is -0.491 e. The largest absolute Gasteiger partial charge is 0.491 e. The Morgan fingerprint density at radius 2 is 2.09 bits per heavy atom. The van der Waals surface area contributed by atoms with Gasteiger partial charge in [-0.3, -0.25) is 4.90 Å². The number of aryl methyl sites for hydroxylation is 1. The van der Waals surface area contributed by atoms with Gasteiger partial charge in [-0.25, -0.2) is 0 Å². The first kappa shape index (κ1) is 16.1. The molecule has 2 heterocycles. The molecule has 1 atom stereocenters. The Morgan fingerprint density at radius 3 is 2.74 bits per heavy atom. The summed E-state index contributed by atoms with van der Waals surface area (Å²) in [6.07, 6.45) is 3.49. The van der Waals surface area contributed by atoms with Crippen molar-refractivity contribution in [2.24, 2.45) is 0 Å². The van der Waals surface area contributed by atoms with E-state index in [1.165, 1.54) is 12.0 Å². The van der Waals surface area contributed by atoms with Crippen molar-refractivity contribution in [1.29, 1.82) is 0 Å². The lowest BCUT2D eigenvalue weighted by Gasteiger charge is -2.22. The smallest absolute Gasteiger partial charge is 0.154 e. The van der Waals surface area contributed by atoms with E-state index in [-0.39, 0.29) is 6.10 Å². The highest BCUT2D eigenvalue weighted by Crippen LogP contribution is 2.33. The minimum atomic E-state index is 0.211. The fourth-order valence-electron chi connectivity index (χ4n) is 3.17. The van der Waals surface area contributed by atoms with E-state index in [4.69, 9.17) is 9.26 Å². The fourth-order valence-corrected chi connectivity index (χ4v) is 3.17. The Labute approximate surface area is 138 Å². The van der Waals surface area contributed by atoms with Gasteiger partial charge in [-0.1, -0.05) is 24.2 Å². The van der Waals surface area contributed by atoms with Gasteiger partial charge in [-0.2, -0.15) is 0 Å². The molecule has 1 aromatic carbocycles. The van der Waals surface area contributed by atoms with Gasteiger partial charge < -0.3 is 9.26 Å². The van der Waals surface area contributed by atoms with Crippen LogP contribution < -0.4 is 4.74 Å². The predicted molar refractivity (Wildman–Crippen MR) is 90.5 cm³/mol. The van der Waals surface area contributed by atoms with Crippen molar-refractivity contribution in [2.75, 3.05) is 6.54 Å². The zero-order chi connectivity index (χ0) is 16.2. The van der Waals surface area contributed by atoms with Gasteiger partial charge in [0.1, 0.15) is 5.75 Å². The Kier molecular flexibility index (Phi) is 5.01. The molecule has 0 N–H and O–H groups in total. The molecule has 3 rings (SSSR count). The molecule has 1 aliphatic rings. The molecule has 0 amide bonds. The number of hydrogen-bond acceptors (Lipinski definition) is 4. The van der Waals surface area contributed by atoms with Gasteiger partial charge in [0, 0.05) is 12.6 Å². The molecule has 0 radical (unpaired) electrons. The molecule has 2 aromatic rings. The molecule has 4 nitrogen and oxygen atoms in total. The van der Waals surface area contributed by atoms with E-state index in [2.05, 4.69) is 47.3 Å². The van der Waals surface area contributed by atoms with Crippen molar-refractivity contribution in [3.8, 4) is 5.75 Å². The van der Waals surface area contributed by atoms with Crippen molar-refractivity contribution in [2.45, 2.75) is 58.7 Å². The van der Waals surface area contributed by atoms with Crippen molar-refractivity contribution in [3.05, 3.63) is 47.3 Å². The van der Waals surface area contributed by atoms with Crippen molar-refractivity contribution in [3.63, 3.8) is 0 Å². The second kappa shape index (κ2) is 7.18. The Hall–Kier alpha value is -1.81. The Bertz CT molecular complexity index is 619. The van der Waals surface area contributed by atoms with Crippen LogP contribution in [0.5, 0.6) is 5.75 Å². The van der Waals surface area contributed by atoms with Crippen molar-refractivity contribution < 1.29 is 9.26 Å². The fraction of sp³-hybridized carbons (Fsp3) is 0.526. The average molecular weight is 314 g/mol. The molecule has 4 heteroatoms. The van der Waals surface area contributed by atoms with Crippen LogP contribution in [0.25, 0.3) is 0 Å². The molecule has 0 spiro atoms. The van der Waals surface area contributed by atoms with Gasteiger partial charge in [-0.15, -0.1) is 0 Å². The maximum Gasteiger partial charge on any atom is 0.154 e. The summed E-state index contributed by atoms with van der Waals surface area (Å²) in [6.45, 7) is 8.25. The Balaban J connectivity index is 1.66. The summed E-state index contributed by atoms with van der Waals surface area (Å²) in [5.74, 6) is 1.95.